The topological polar surface area (TPSA) is 148 Å². The molecular formula is C23H27N5O5. The second-order valence-corrected chi connectivity index (χ2v) is 8.01. The van der Waals surface area contributed by atoms with E-state index >= 15 is 0 Å². The lowest BCUT2D eigenvalue weighted by Crippen LogP contribution is -2.54. The van der Waals surface area contributed by atoms with E-state index in [-0.39, 0.29) is 11.6 Å². The maximum atomic E-state index is 12.9. The van der Waals surface area contributed by atoms with Crippen molar-refractivity contribution in [2.45, 2.75) is 44.3 Å². The van der Waals surface area contributed by atoms with Crippen molar-refractivity contribution in [1.82, 2.24) is 10.2 Å². The van der Waals surface area contributed by atoms with E-state index in [0.717, 1.165) is 5.56 Å². The highest BCUT2D eigenvalue weighted by Gasteiger charge is 2.37. The number of hydrogen-bond donors (Lipinski definition) is 3. The molecule has 10 nitrogen and oxygen atoms in total. The van der Waals surface area contributed by atoms with Gasteiger partial charge in [0.05, 0.1) is 11.0 Å². The van der Waals surface area contributed by atoms with Gasteiger partial charge in [0.15, 0.2) is 0 Å². The van der Waals surface area contributed by atoms with Gasteiger partial charge in [-0.05, 0) is 43.9 Å². The molecule has 3 rings (SSSR count). The summed E-state index contributed by atoms with van der Waals surface area (Å²) in [5, 5.41) is 16.0. The molecule has 3 unspecified atom stereocenters. The van der Waals surface area contributed by atoms with Crippen LogP contribution in [-0.4, -0.2) is 52.2 Å². The van der Waals surface area contributed by atoms with E-state index in [2.05, 4.69) is 10.6 Å². The summed E-state index contributed by atoms with van der Waals surface area (Å²) in [5.41, 5.74) is 7.35. The van der Waals surface area contributed by atoms with Crippen LogP contribution in [0.2, 0.25) is 0 Å². The van der Waals surface area contributed by atoms with Crippen LogP contribution >= 0.6 is 0 Å². The van der Waals surface area contributed by atoms with Gasteiger partial charge in [0, 0.05) is 24.4 Å². The van der Waals surface area contributed by atoms with Crippen molar-refractivity contribution < 1.29 is 19.3 Å². The fourth-order valence-electron chi connectivity index (χ4n) is 3.76. The minimum absolute atomic E-state index is 0.0918. The molecule has 174 valence electrons. The number of nitro groups is 1. The first kappa shape index (κ1) is 23.9. The molecule has 2 aromatic rings. The molecule has 1 aliphatic heterocycles. The van der Waals surface area contributed by atoms with Crippen LogP contribution in [0.4, 0.5) is 11.4 Å². The molecule has 0 spiro atoms. The molecular weight excluding hydrogens is 426 g/mol. The van der Waals surface area contributed by atoms with E-state index in [1.807, 2.05) is 30.3 Å². The van der Waals surface area contributed by atoms with Gasteiger partial charge < -0.3 is 21.3 Å². The lowest BCUT2D eigenvalue weighted by Gasteiger charge is -2.27. The molecule has 0 aliphatic carbocycles. The third kappa shape index (κ3) is 6.13. The Hall–Kier alpha value is -3.79. The largest absolute Gasteiger partial charge is 0.343 e. The number of non-ortho nitro benzene ring substituents is 1. The minimum atomic E-state index is -0.872. The summed E-state index contributed by atoms with van der Waals surface area (Å²) in [5.74, 6) is -1.19. The lowest BCUT2D eigenvalue weighted by atomic mass is 10.1. The van der Waals surface area contributed by atoms with E-state index in [4.69, 9.17) is 5.73 Å². The molecule has 0 saturated carbocycles. The molecule has 1 fully saturated rings. The zero-order valence-electron chi connectivity index (χ0n) is 18.3. The molecule has 0 bridgehead atoms. The summed E-state index contributed by atoms with van der Waals surface area (Å²) in [6, 6.07) is 12.5. The number of hydrogen-bond acceptors (Lipinski definition) is 6. The highest BCUT2D eigenvalue weighted by molar-refractivity contribution is 5.98. The van der Waals surface area contributed by atoms with Gasteiger partial charge in [-0.25, -0.2) is 0 Å². The average molecular weight is 453 g/mol. The fourth-order valence-corrected chi connectivity index (χ4v) is 3.76. The first-order valence-corrected chi connectivity index (χ1v) is 10.7. The van der Waals surface area contributed by atoms with Crippen molar-refractivity contribution in [2.75, 3.05) is 11.9 Å². The molecule has 2 aromatic carbocycles. The van der Waals surface area contributed by atoms with Crippen molar-refractivity contribution in [1.29, 1.82) is 0 Å². The summed E-state index contributed by atoms with van der Waals surface area (Å²) in [7, 11) is 0. The van der Waals surface area contributed by atoms with Crippen LogP contribution in [0.25, 0.3) is 0 Å². The van der Waals surface area contributed by atoms with Gasteiger partial charge in [-0.2, -0.15) is 0 Å². The van der Waals surface area contributed by atoms with Gasteiger partial charge >= 0.3 is 0 Å². The molecule has 0 radical (unpaired) electrons. The van der Waals surface area contributed by atoms with Crippen molar-refractivity contribution in [3.05, 3.63) is 70.3 Å². The number of nitrogens with one attached hydrogen (secondary N) is 2. The van der Waals surface area contributed by atoms with E-state index in [9.17, 15) is 24.5 Å². The number of amides is 3. The van der Waals surface area contributed by atoms with Crippen LogP contribution in [0, 0.1) is 10.1 Å². The highest BCUT2D eigenvalue weighted by atomic mass is 16.6. The first-order valence-electron chi connectivity index (χ1n) is 10.7. The van der Waals surface area contributed by atoms with E-state index in [1.54, 1.807) is 0 Å². The van der Waals surface area contributed by atoms with Gasteiger partial charge in [-0.15, -0.1) is 0 Å². The molecule has 0 aromatic heterocycles. The molecule has 1 aliphatic rings. The standard InChI is InChI=1S/C23H27N5O5/c1-15(21(29)26-17-9-11-18(12-10-17)28(32)33)25-22(30)20-8-5-13-27(20)23(31)19(24)14-16-6-3-2-4-7-16/h2-4,6-7,9-12,15,19-20H,5,8,13-14,24H2,1H3,(H,25,30)(H,26,29). The van der Waals surface area contributed by atoms with Gasteiger partial charge in [0.25, 0.3) is 5.69 Å². The highest BCUT2D eigenvalue weighted by Crippen LogP contribution is 2.20. The van der Waals surface area contributed by atoms with Crippen LogP contribution in [0.5, 0.6) is 0 Å². The van der Waals surface area contributed by atoms with Crippen molar-refractivity contribution >= 4 is 29.1 Å². The molecule has 3 atom stereocenters. The number of carbonyl (C=O) groups is 3. The van der Waals surface area contributed by atoms with Gasteiger partial charge in [0.2, 0.25) is 17.7 Å². The van der Waals surface area contributed by atoms with Crippen LogP contribution < -0.4 is 16.4 Å². The minimum Gasteiger partial charge on any atom is -0.343 e. The number of carbonyl (C=O) groups excluding carboxylic acids is 3. The van der Waals surface area contributed by atoms with Crippen molar-refractivity contribution in [2.24, 2.45) is 5.73 Å². The van der Waals surface area contributed by atoms with Crippen LogP contribution in [0.15, 0.2) is 54.6 Å². The number of nitrogens with two attached hydrogens (primary N) is 1. The predicted octanol–water partition coefficient (Wildman–Crippen LogP) is 1.60. The number of rotatable bonds is 8. The van der Waals surface area contributed by atoms with Gasteiger partial charge in [-0.3, -0.25) is 24.5 Å². The number of nitrogens with zero attached hydrogens (tertiary/aromatic N) is 2. The maximum absolute atomic E-state index is 12.9. The van der Waals surface area contributed by atoms with Crippen molar-refractivity contribution in [3.63, 3.8) is 0 Å². The normalized spacial score (nSPS) is 17.2. The SMILES string of the molecule is CC(NC(=O)C1CCCN1C(=O)C(N)Cc1ccccc1)C(=O)Nc1ccc([N+](=O)[O-])cc1. The average Bonchev–Trinajstić information content (AvgIpc) is 3.29. The molecule has 1 saturated heterocycles. The number of benzene rings is 2. The Bertz CT molecular complexity index is 1010. The Labute approximate surface area is 191 Å². The third-order valence-corrected chi connectivity index (χ3v) is 5.55. The summed E-state index contributed by atoms with van der Waals surface area (Å²) in [6.07, 6.45) is 1.54. The maximum Gasteiger partial charge on any atom is 0.269 e. The van der Waals surface area contributed by atoms with Gasteiger partial charge in [0.1, 0.15) is 12.1 Å². The first-order chi connectivity index (χ1) is 15.8. The Morgan fingerprint density at radius 3 is 2.45 bits per heavy atom. The summed E-state index contributed by atoms with van der Waals surface area (Å²) >= 11 is 0. The molecule has 10 heteroatoms. The summed E-state index contributed by atoms with van der Waals surface area (Å²) in [4.78, 5) is 49.9. The Balaban J connectivity index is 1.55. The second kappa shape index (κ2) is 10.7. The molecule has 1 heterocycles. The van der Waals surface area contributed by atoms with E-state index < -0.39 is 34.9 Å². The monoisotopic (exact) mass is 453 g/mol. The smallest absolute Gasteiger partial charge is 0.269 e. The third-order valence-electron chi connectivity index (χ3n) is 5.55. The Kier molecular flexibility index (Phi) is 7.73. The molecule has 3 amide bonds. The lowest BCUT2D eigenvalue weighted by molar-refractivity contribution is -0.384. The zero-order valence-corrected chi connectivity index (χ0v) is 18.3. The predicted molar refractivity (Wildman–Crippen MR) is 122 cm³/mol. The van der Waals surface area contributed by atoms with E-state index in [0.29, 0.717) is 31.5 Å². The number of anilines is 1. The Morgan fingerprint density at radius 1 is 1.15 bits per heavy atom. The van der Waals surface area contributed by atoms with Crippen LogP contribution in [0.3, 0.4) is 0 Å². The molecule has 33 heavy (non-hydrogen) atoms. The number of likely N-dealkylation sites (tertiary alicyclic amines) is 1. The summed E-state index contributed by atoms with van der Waals surface area (Å²) < 4.78 is 0. The van der Waals surface area contributed by atoms with E-state index in [1.165, 1.54) is 36.1 Å². The van der Waals surface area contributed by atoms with Gasteiger partial charge in [-0.1, -0.05) is 30.3 Å². The van der Waals surface area contributed by atoms with Crippen LogP contribution in [-0.2, 0) is 20.8 Å². The zero-order chi connectivity index (χ0) is 24.0. The quantitative estimate of drug-likeness (QED) is 0.408. The van der Waals surface area contributed by atoms with Crippen molar-refractivity contribution in [3.8, 4) is 0 Å². The summed E-state index contributed by atoms with van der Waals surface area (Å²) in [6.45, 7) is 1.96. The van der Waals surface area contributed by atoms with Crippen LogP contribution in [0.1, 0.15) is 25.3 Å². The number of nitro benzene ring substituents is 1. The Morgan fingerprint density at radius 2 is 1.82 bits per heavy atom. The fraction of sp³-hybridized carbons (Fsp3) is 0.348. The molecule has 4 N–H and O–H groups in total. The second-order valence-electron chi connectivity index (χ2n) is 8.01.